The SMILES string of the molecule is CCOc1ccccc1[C@H]1C(C(=O)OCCOC)=C(C)N=C2C[C@H](c3ccccc3)CC(=O)C21. The first kappa shape index (κ1) is 23.9. The molecule has 1 unspecified atom stereocenters. The largest absolute Gasteiger partial charge is 0.494 e. The standard InChI is InChI=1S/C28H31NO5/c1-4-33-24-13-9-8-12-21(24)26-25(28(31)34-15-14-32-3)18(2)29-22-16-20(17-23(30)27(22)26)19-10-6-5-7-11-19/h5-13,20,26-27H,4,14-17H2,1-3H3/t20-,26-,27?/m0/s1. The summed E-state index contributed by atoms with van der Waals surface area (Å²) in [5.74, 6) is -0.653. The van der Waals surface area contributed by atoms with E-state index in [1.54, 1.807) is 7.11 Å². The number of hydrogen-bond acceptors (Lipinski definition) is 6. The minimum absolute atomic E-state index is 0.0782. The molecule has 34 heavy (non-hydrogen) atoms. The Balaban J connectivity index is 1.78. The minimum atomic E-state index is -0.518. The minimum Gasteiger partial charge on any atom is -0.494 e. The maximum atomic E-state index is 13.7. The second kappa shape index (κ2) is 10.8. The zero-order chi connectivity index (χ0) is 24.1. The van der Waals surface area contributed by atoms with Crippen LogP contribution in [0.15, 0.2) is 70.9 Å². The quantitative estimate of drug-likeness (QED) is 0.415. The van der Waals surface area contributed by atoms with Gasteiger partial charge in [-0.05, 0) is 37.8 Å². The van der Waals surface area contributed by atoms with E-state index in [-0.39, 0.29) is 18.3 Å². The molecule has 0 aromatic heterocycles. The molecule has 0 amide bonds. The Morgan fingerprint density at radius 3 is 2.47 bits per heavy atom. The summed E-state index contributed by atoms with van der Waals surface area (Å²) >= 11 is 0. The van der Waals surface area contributed by atoms with Gasteiger partial charge >= 0.3 is 5.97 Å². The van der Waals surface area contributed by atoms with Crippen molar-refractivity contribution in [3.05, 3.63) is 77.0 Å². The number of fused-ring (bicyclic) bond motifs is 1. The number of methoxy groups -OCH3 is 1. The molecular formula is C28H31NO5. The van der Waals surface area contributed by atoms with Crippen LogP contribution in [0.25, 0.3) is 0 Å². The molecule has 1 aliphatic heterocycles. The Kier molecular flexibility index (Phi) is 7.58. The van der Waals surface area contributed by atoms with Gasteiger partial charge in [0.1, 0.15) is 18.1 Å². The monoisotopic (exact) mass is 461 g/mol. The first-order chi connectivity index (χ1) is 16.5. The number of carbonyl (C=O) groups excluding carboxylic acids is 2. The fourth-order valence-electron chi connectivity index (χ4n) is 5.06. The molecule has 6 heteroatoms. The van der Waals surface area contributed by atoms with Crippen molar-refractivity contribution < 1.29 is 23.8 Å². The zero-order valence-electron chi connectivity index (χ0n) is 20.0. The molecule has 2 aromatic carbocycles. The average Bonchev–Trinajstić information content (AvgIpc) is 2.84. The molecule has 0 saturated heterocycles. The number of ketones is 1. The molecule has 6 nitrogen and oxygen atoms in total. The number of Topliss-reactive ketones (excluding diaryl/α,β-unsaturated/α-hetero) is 1. The molecule has 178 valence electrons. The second-order valence-electron chi connectivity index (χ2n) is 8.64. The maximum absolute atomic E-state index is 13.7. The number of esters is 1. The van der Waals surface area contributed by atoms with Crippen LogP contribution in [0.1, 0.15) is 49.7 Å². The number of hydrogen-bond donors (Lipinski definition) is 0. The predicted molar refractivity (Wildman–Crippen MR) is 130 cm³/mol. The van der Waals surface area contributed by atoms with Crippen molar-refractivity contribution in [2.24, 2.45) is 10.9 Å². The highest BCUT2D eigenvalue weighted by molar-refractivity contribution is 6.12. The molecule has 1 fully saturated rings. The van der Waals surface area contributed by atoms with Gasteiger partial charge in [-0.2, -0.15) is 0 Å². The van der Waals surface area contributed by atoms with E-state index in [2.05, 4.69) is 12.1 Å². The predicted octanol–water partition coefficient (Wildman–Crippen LogP) is 4.85. The van der Waals surface area contributed by atoms with Crippen LogP contribution in [0.5, 0.6) is 5.75 Å². The molecule has 2 aliphatic rings. The number of rotatable bonds is 8. The summed E-state index contributed by atoms with van der Waals surface area (Å²) in [7, 11) is 1.56. The van der Waals surface area contributed by atoms with Gasteiger partial charge in [-0.25, -0.2) is 4.79 Å². The lowest BCUT2D eigenvalue weighted by atomic mass is 9.66. The third-order valence-electron chi connectivity index (χ3n) is 6.52. The highest BCUT2D eigenvalue weighted by atomic mass is 16.6. The molecule has 1 aliphatic carbocycles. The van der Waals surface area contributed by atoms with Crippen LogP contribution >= 0.6 is 0 Å². The van der Waals surface area contributed by atoms with Crippen molar-refractivity contribution in [3.8, 4) is 5.75 Å². The van der Waals surface area contributed by atoms with E-state index in [1.165, 1.54) is 0 Å². The lowest BCUT2D eigenvalue weighted by Gasteiger charge is -2.38. The average molecular weight is 462 g/mol. The number of carbonyl (C=O) groups is 2. The van der Waals surface area contributed by atoms with Gasteiger partial charge < -0.3 is 14.2 Å². The summed E-state index contributed by atoms with van der Waals surface area (Å²) < 4.78 is 16.4. The number of nitrogens with zero attached hydrogens (tertiary/aromatic N) is 1. The molecule has 0 spiro atoms. The molecule has 1 saturated carbocycles. The fourth-order valence-corrected chi connectivity index (χ4v) is 5.06. The van der Waals surface area contributed by atoms with Gasteiger partial charge in [-0.15, -0.1) is 0 Å². The summed E-state index contributed by atoms with van der Waals surface area (Å²) in [5.41, 5.74) is 3.78. The summed E-state index contributed by atoms with van der Waals surface area (Å²) in [5, 5.41) is 0. The van der Waals surface area contributed by atoms with Gasteiger partial charge in [-0.3, -0.25) is 9.79 Å². The topological polar surface area (TPSA) is 74.2 Å². The fraction of sp³-hybridized carbons (Fsp3) is 0.393. The molecule has 1 heterocycles. The number of aliphatic imine (C=N–C) groups is 1. The van der Waals surface area contributed by atoms with Crippen LogP contribution in [0.2, 0.25) is 0 Å². The van der Waals surface area contributed by atoms with E-state index < -0.39 is 17.8 Å². The summed E-state index contributed by atoms with van der Waals surface area (Å²) in [6, 6.07) is 17.7. The highest BCUT2D eigenvalue weighted by Gasteiger charge is 2.46. The van der Waals surface area contributed by atoms with Crippen molar-refractivity contribution in [2.75, 3.05) is 26.9 Å². The van der Waals surface area contributed by atoms with Crippen LogP contribution in [0.3, 0.4) is 0 Å². The highest BCUT2D eigenvalue weighted by Crippen LogP contribution is 2.48. The number of para-hydroxylation sites is 1. The Bertz CT molecular complexity index is 1100. The molecule has 2 aromatic rings. The molecular weight excluding hydrogens is 430 g/mol. The zero-order valence-corrected chi connectivity index (χ0v) is 20.0. The lowest BCUT2D eigenvalue weighted by molar-refractivity contribution is -0.140. The van der Waals surface area contributed by atoms with Crippen LogP contribution in [-0.4, -0.2) is 44.4 Å². The van der Waals surface area contributed by atoms with Crippen molar-refractivity contribution in [3.63, 3.8) is 0 Å². The van der Waals surface area contributed by atoms with Gasteiger partial charge in [0.2, 0.25) is 0 Å². The van der Waals surface area contributed by atoms with E-state index in [0.717, 1.165) is 16.8 Å². The number of benzene rings is 2. The molecule has 0 radical (unpaired) electrons. The third-order valence-corrected chi connectivity index (χ3v) is 6.52. The Hall–Kier alpha value is -3.25. The van der Waals surface area contributed by atoms with Crippen molar-refractivity contribution in [1.82, 2.24) is 0 Å². The molecule has 0 N–H and O–H groups in total. The van der Waals surface area contributed by atoms with Gasteiger partial charge in [0, 0.05) is 36.4 Å². The maximum Gasteiger partial charge on any atom is 0.336 e. The van der Waals surface area contributed by atoms with Crippen LogP contribution in [0.4, 0.5) is 0 Å². The van der Waals surface area contributed by atoms with Gasteiger partial charge in [-0.1, -0.05) is 48.5 Å². The first-order valence-corrected chi connectivity index (χ1v) is 11.8. The van der Waals surface area contributed by atoms with E-state index in [0.29, 0.717) is 43.1 Å². The first-order valence-electron chi connectivity index (χ1n) is 11.8. The number of ether oxygens (including phenoxy) is 3. The van der Waals surface area contributed by atoms with Gasteiger partial charge in [0.25, 0.3) is 0 Å². The smallest absolute Gasteiger partial charge is 0.336 e. The Morgan fingerprint density at radius 2 is 1.74 bits per heavy atom. The molecule has 0 bridgehead atoms. The normalized spacial score (nSPS) is 22.1. The lowest BCUT2D eigenvalue weighted by Crippen LogP contribution is -2.41. The van der Waals surface area contributed by atoms with E-state index in [4.69, 9.17) is 19.2 Å². The summed E-state index contributed by atoms with van der Waals surface area (Å²) in [6.45, 7) is 4.66. The summed E-state index contributed by atoms with van der Waals surface area (Å²) in [6.07, 6.45) is 1.09. The van der Waals surface area contributed by atoms with Crippen LogP contribution in [-0.2, 0) is 19.1 Å². The van der Waals surface area contributed by atoms with Gasteiger partial charge in [0.15, 0.2) is 0 Å². The van der Waals surface area contributed by atoms with Crippen molar-refractivity contribution in [1.29, 1.82) is 0 Å². The van der Waals surface area contributed by atoms with Crippen molar-refractivity contribution in [2.45, 2.75) is 38.5 Å². The van der Waals surface area contributed by atoms with Crippen LogP contribution in [0, 0.1) is 5.92 Å². The van der Waals surface area contributed by atoms with Crippen LogP contribution < -0.4 is 4.74 Å². The van der Waals surface area contributed by atoms with E-state index in [9.17, 15) is 9.59 Å². The third kappa shape index (κ3) is 4.82. The van der Waals surface area contributed by atoms with Gasteiger partial charge in [0.05, 0.1) is 24.7 Å². The molecule has 4 rings (SSSR count). The Morgan fingerprint density at radius 1 is 1.00 bits per heavy atom. The van der Waals surface area contributed by atoms with Crippen molar-refractivity contribution >= 4 is 17.5 Å². The van der Waals surface area contributed by atoms with E-state index in [1.807, 2.05) is 56.3 Å². The van der Waals surface area contributed by atoms with E-state index >= 15 is 0 Å². The molecule has 3 atom stereocenters. The summed E-state index contributed by atoms with van der Waals surface area (Å²) in [4.78, 5) is 31.7. The Labute approximate surface area is 200 Å². The second-order valence-corrected chi connectivity index (χ2v) is 8.64. The number of allylic oxidation sites excluding steroid dienone is 1.